The predicted octanol–water partition coefficient (Wildman–Crippen LogP) is 2.38. The van der Waals surface area contributed by atoms with E-state index in [1.165, 1.54) is 32.5 Å². The van der Waals surface area contributed by atoms with Crippen molar-refractivity contribution in [3.05, 3.63) is 5.01 Å². The summed E-state index contributed by atoms with van der Waals surface area (Å²) in [6, 6.07) is 0.483. The molecule has 1 saturated heterocycles. The van der Waals surface area contributed by atoms with Crippen LogP contribution >= 0.6 is 11.3 Å². The predicted molar refractivity (Wildman–Crippen MR) is 72.6 cm³/mol. The van der Waals surface area contributed by atoms with E-state index in [1.807, 2.05) is 6.92 Å². The lowest BCUT2D eigenvalue weighted by molar-refractivity contribution is 0.172. The summed E-state index contributed by atoms with van der Waals surface area (Å²) in [6.45, 7) is 10.1. The van der Waals surface area contributed by atoms with Gasteiger partial charge in [-0.05, 0) is 45.7 Å². The van der Waals surface area contributed by atoms with Crippen LogP contribution in [0.25, 0.3) is 0 Å². The number of hydrogen-bond donors (Lipinski definition) is 1. The summed E-state index contributed by atoms with van der Waals surface area (Å²) >= 11 is 1.64. The second-order valence-corrected chi connectivity index (χ2v) is 6.04. The van der Waals surface area contributed by atoms with Crippen molar-refractivity contribution < 1.29 is 0 Å². The summed E-state index contributed by atoms with van der Waals surface area (Å²) < 4.78 is 0. The summed E-state index contributed by atoms with van der Waals surface area (Å²) in [4.78, 5) is 2.54. The van der Waals surface area contributed by atoms with E-state index in [2.05, 4.69) is 34.3 Å². The number of aryl methyl sites for hydroxylation is 1. The minimum absolute atomic E-state index is 0.483. The summed E-state index contributed by atoms with van der Waals surface area (Å²) in [5, 5.41) is 13.7. The SMILES string of the molecule is CCN1CCCC(C(C)Nc2nnc(C)s2)C1. The zero-order chi connectivity index (χ0) is 12.3. The number of piperidine rings is 1. The van der Waals surface area contributed by atoms with E-state index in [-0.39, 0.29) is 0 Å². The molecule has 2 heterocycles. The molecule has 4 nitrogen and oxygen atoms in total. The fourth-order valence-electron chi connectivity index (χ4n) is 2.45. The number of likely N-dealkylation sites (tertiary alicyclic amines) is 1. The number of nitrogens with one attached hydrogen (secondary N) is 1. The van der Waals surface area contributed by atoms with Crippen molar-refractivity contribution in [2.45, 2.75) is 39.7 Å². The zero-order valence-corrected chi connectivity index (χ0v) is 11.8. The lowest BCUT2D eigenvalue weighted by Crippen LogP contribution is -2.41. The van der Waals surface area contributed by atoms with Crippen molar-refractivity contribution in [3.63, 3.8) is 0 Å². The maximum absolute atomic E-state index is 4.13. The number of anilines is 1. The van der Waals surface area contributed by atoms with Crippen molar-refractivity contribution in [3.8, 4) is 0 Å². The van der Waals surface area contributed by atoms with Crippen molar-refractivity contribution in [2.75, 3.05) is 25.0 Å². The molecule has 1 fully saturated rings. The number of rotatable bonds is 4. The molecule has 0 saturated carbocycles. The maximum atomic E-state index is 4.13. The van der Waals surface area contributed by atoms with Gasteiger partial charge in [0.05, 0.1) is 0 Å². The third kappa shape index (κ3) is 3.39. The molecule has 0 amide bonds. The summed E-state index contributed by atoms with van der Waals surface area (Å²) in [5.74, 6) is 0.730. The second-order valence-electron chi connectivity index (χ2n) is 4.85. The minimum atomic E-state index is 0.483. The van der Waals surface area contributed by atoms with Gasteiger partial charge in [-0.3, -0.25) is 0 Å². The quantitative estimate of drug-likeness (QED) is 0.895. The van der Waals surface area contributed by atoms with E-state index in [9.17, 15) is 0 Å². The monoisotopic (exact) mass is 254 g/mol. The first kappa shape index (κ1) is 12.8. The number of nitrogens with zero attached hydrogens (tertiary/aromatic N) is 3. The fraction of sp³-hybridized carbons (Fsp3) is 0.833. The highest BCUT2D eigenvalue weighted by Gasteiger charge is 2.24. The first-order chi connectivity index (χ1) is 8.19. The van der Waals surface area contributed by atoms with Gasteiger partial charge in [0.25, 0.3) is 0 Å². The highest BCUT2D eigenvalue weighted by molar-refractivity contribution is 7.15. The molecule has 96 valence electrons. The zero-order valence-electron chi connectivity index (χ0n) is 10.9. The largest absolute Gasteiger partial charge is 0.357 e. The van der Waals surface area contributed by atoms with Crippen LogP contribution in [0.15, 0.2) is 0 Å². The van der Waals surface area contributed by atoms with E-state index >= 15 is 0 Å². The Balaban J connectivity index is 1.88. The van der Waals surface area contributed by atoms with Crippen LogP contribution in [0.1, 0.15) is 31.7 Å². The van der Waals surface area contributed by atoms with Gasteiger partial charge in [-0.25, -0.2) is 0 Å². The Morgan fingerprint density at radius 2 is 2.35 bits per heavy atom. The third-order valence-electron chi connectivity index (χ3n) is 3.57. The molecule has 1 aliphatic rings. The van der Waals surface area contributed by atoms with Gasteiger partial charge in [0.15, 0.2) is 0 Å². The highest BCUT2D eigenvalue weighted by Crippen LogP contribution is 2.23. The molecule has 0 aliphatic carbocycles. The lowest BCUT2D eigenvalue weighted by atomic mass is 9.92. The molecule has 0 radical (unpaired) electrons. The van der Waals surface area contributed by atoms with Crippen molar-refractivity contribution in [2.24, 2.45) is 5.92 Å². The van der Waals surface area contributed by atoms with Crippen LogP contribution in [0.4, 0.5) is 5.13 Å². The molecular weight excluding hydrogens is 232 g/mol. The van der Waals surface area contributed by atoms with E-state index in [1.54, 1.807) is 11.3 Å². The standard InChI is InChI=1S/C12H22N4S/c1-4-16-7-5-6-11(8-16)9(2)13-12-15-14-10(3)17-12/h9,11H,4-8H2,1-3H3,(H,13,15). The molecule has 0 bridgehead atoms. The first-order valence-electron chi connectivity index (χ1n) is 6.48. The Bertz CT molecular complexity index is 352. The van der Waals surface area contributed by atoms with Gasteiger partial charge in [0.1, 0.15) is 5.01 Å². The minimum Gasteiger partial charge on any atom is -0.357 e. The Hall–Kier alpha value is -0.680. The van der Waals surface area contributed by atoms with Crippen LogP contribution in [-0.4, -0.2) is 40.8 Å². The maximum Gasteiger partial charge on any atom is 0.205 e. The van der Waals surface area contributed by atoms with Crippen molar-refractivity contribution >= 4 is 16.5 Å². The van der Waals surface area contributed by atoms with Gasteiger partial charge in [-0.1, -0.05) is 18.3 Å². The molecule has 0 aromatic carbocycles. The molecule has 17 heavy (non-hydrogen) atoms. The van der Waals surface area contributed by atoms with Crippen LogP contribution in [0, 0.1) is 12.8 Å². The van der Waals surface area contributed by atoms with Crippen LogP contribution in [0.3, 0.4) is 0 Å². The lowest BCUT2D eigenvalue weighted by Gasteiger charge is -2.35. The first-order valence-corrected chi connectivity index (χ1v) is 7.29. The van der Waals surface area contributed by atoms with Crippen LogP contribution in [0.2, 0.25) is 0 Å². The molecule has 1 N–H and O–H groups in total. The van der Waals surface area contributed by atoms with Crippen molar-refractivity contribution in [1.29, 1.82) is 0 Å². The van der Waals surface area contributed by atoms with Gasteiger partial charge in [-0.15, -0.1) is 10.2 Å². The second kappa shape index (κ2) is 5.78. The van der Waals surface area contributed by atoms with Crippen molar-refractivity contribution in [1.82, 2.24) is 15.1 Å². The summed E-state index contributed by atoms with van der Waals surface area (Å²) in [7, 11) is 0. The van der Waals surface area contributed by atoms with E-state index < -0.39 is 0 Å². The molecular formula is C12H22N4S. The van der Waals surface area contributed by atoms with E-state index in [4.69, 9.17) is 0 Å². The topological polar surface area (TPSA) is 41.0 Å². The van der Waals surface area contributed by atoms with E-state index in [0.29, 0.717) is 6.04 Å². The highest BCUT2D eigenvalue weighted by atomic mass is 32.1. The van der Waals surface area contributed by atoms with Gasteiger partial charge >= 0.3 is 0 Å². The number of hydrogen-bond acceptors (Lipinski definition) is 5. The smallest absolute Gasteiger partial charge is 0.205 e. The Labute approximate surface area is 107 Å². The van der Waals surface area contributed by atoms with Crippen LogP contribution < -0.4 is 5.32 Å². The average Bonchev–Trinajstić information content (AvgIpc) is 2.75. The molecule has 1 aliphatic heterocycles. The average molecular weight is 254 g/mol. The van der Waals surface area contributed by atoms with Gasteiger partial charge < -0.3 is 10.2 Å². The van der Waals surface area contributed by atoms with E-state index in [0.717, 1.165) is 16.1 Å². The Morgan fingerprint density at radius 3 is 3.00 bits per heavy atom. The molecule has 1 aromatic heterocycles. The molecule has 1 aromatic rings. The Morgan fingerprint density at radius 1 is 1.53 bits per heavy atom. The van der Waals surface area contributed by atoms with Crippen LogP contribution in [-0.2, 0) is 0 Å². The molecule has 2 unspecified atom stereocenters. The fourth-order valence-corrected chi connectivity index (χ4v) is 3.14. The molecule has 0 spiro atoms. The van der Waals surface area contributed by atoms with Gasteiger partial charge in [-0.2, -0.15) is 0 Å². The molecule has 5 heteroatoms. The van der Waals surface area contributed by atoms with Crippen LogP contribution in [0.5, 0.6) is 0 Å². The molecule has 2 rings (SSSR count). The normalized spacial score (nSPS) is 23.6. The summed E-state index contributed by atoms with van der Waals surface area (Å²) in [6.07, 6.45) is 2.64. The number of aromatic nitrogens is 2. The summed E-state index contributed by atoms with van der Waals surface area (Å²) in [5.41, 5.74) is 0. The molecule has 2 atom stereocenters. The Kier molecular flexibility index (Phi) is 4.34. The van der Waals surface area contributed by atoms with Gasteiger partial charge in [0.2, 0.25) is 5.13 Å². The third-order valence-corrected chi connectivity index (χ3v) is 4.34. The van der Waals surface area contributed by atoms with Gasteiger partial charge in [0, 0.05) is 12.6 Å².